The highest BCUT2D eigenvalue weighted by atomic mass is 32.1. The van der Waals surface area contributed by atoms with Gasteiger partial charge in [-0.1, -0.05) is 4.49 Å². The third kappa shape index (κ3) is 3.18. The van der Waals surface area contributed by atoms with E-state index in [0.29, 0.717) is 10.6 Å². The fourth-order valence-corrected chi connectivity index (χ4v) is 2.17. The van der Waals surface area contributed by atoms with Gasteiger partial charge in [0, 0.05) is 18.3 Å². The zero-order chi connectivity index (χ0) is 14.5. The summed E-state index contributed by atoms with van der Waals surface area (Å²) in [6.45, 7) is 1.68. The van der Waals surface area contributed by atoms with E-state index in [-0.39, 0.29) is 6.42 Å². The van der Waals surface area contributed by atoms with E-state index >= 15 is 0 Å². The molecule has 9 heteroatoms. The van der Waals surface area contributed by atoms with E-state index in [1.807, 2.05) is 0 Å². The van der Waals surface area contributed by atoms with E-state index in [2.05, 4.69) is 24.9 Å². The number of ether oxygens (including phenoxy) is 1. The number of nitrogens with one attached hydrogen (secondary N) is 2. The molecule has 2 aromatic heterocycles. The maximum Gasteiger partial charge on any atom is 0.328 e. The number of H-pyrrole nitrogens is 1. The number of carbonyl (C=O) groups excluding carboxylic acids is 2. The van der Waals surface area contributed by atoms with Gasteiger partial charge >= 0.3 is 5.97 Å². The van der Waals surface area contributed by atoms with Crippen molar-refractivity contribution in [3.8, 4) is 0 Å². The van der Waals surface area contributed by atoms with Gasteiger partial charge in [0.05, 0.1) is 19.1 Å². The zero-order valence-corrected chi connectivity index (χ0v) is 11.7. The summed E-state index contributed by atoms with van der Waals surface area (Å²) in [7, 11) is 1.27. The van der Waals surface area contributed by atoms with Gasteiger partial charge in [0.25, 0.3) is 5.91 Å². The summed E-state index contributed by atoms with van der Waals surface area (Å²) in [5.41, 5.74) is 1.25. The van der Waals surface area contributed by atoms with Crippen molar-refractivity contribution in [2.45, 2.75) is 19.4 Å². The summed E-state index contributed by atoms with van der Waals surface area (Å²) in [6, 6.07) is -0.797. The Morgan fingerprint density at radius 1 is 1.55 bits per heavy atom. The molecule has 106 valence electrons. The molecule has 0 saturated carbocycles. The van der Waals surface area contributed by atoms with Crippen LogP contribution in [0.15, 0.2) is 12.5 Å². The topological polar surface area (TPSA) is 110 Å². The van der Waals surface area contributed by atoms with E-state index in [4.69, 9.17) is 4.74 Å². The van der Waals surface area contributed by atoms with Crippen molar-refractivity contribution in [2.24, 2.45) is 0 Å². The van der Waals surface area contributed by atoms with E-state index in [9.17, 15) is 9.59 Å². The molecule has 2 N–H and O–H groups in total. The van der Waals surface area contributed by atoms with Crippen LogP contribution in [0.1, 0.15) is 21.1 Å². The fraction of sp³-hybridized carbons (Fsp3) is 0.364. The number of hydrogen-bond donors (Lipinski definition) is 2. The summed E-state index contributed by atoms with van der Waals surface area (Å²) in [4.78, 5) is 30.9. The second-order valence-electron chi connectivity index (χ2n) is 4.02. The highest BCUT2D eigenvalue weighted by Crippen LogP contribution is 2.10. The Morgan fingerprint density at radius 3 is 2.90 bits per heavy atom. The largest absolute Gasteiger partial charge is 0.467 e. The number of aromatic nitrogens is 4. The molecular formula is C11H13N5O3S. The minimum Gasteiger partial charge on any atom is -0.467 e. The van der Waals surface area contributed by atoms with Gasteiger partial charge in [0.15, 0.2) is 0 Å². The van der Waals surface area contributed by atoms with Crippen molar-refractivity contribution in [1.29, 1.82) is 0 Å². The Morgan fingerprint density at radius 2 is 2.35 bits per heavy atom. The van der Waals surface area contributed by atoms with Gasteiger partial charge in [-0.3, -0.25) is 4.79 Å². The van der Waals surface area contributed by atoms with E-state index < -0.39 is 17.9 Å². The molecule has 0 spiro atoms. The van der Waals surface area contributed by atoms with Crippen LogP contribution in [0.3, 0.4) is 0 Å². The van der Waals surface area contributed by atoms with Gasteiger partial charge in [-0.05, 0) is 18.5 Å². The molecule has 0 bridgehead atoms. The lowest BCUT2D eigenvalue weighted by Crippen LogP contribution is -2.43. The van der Waals surface area contributed by atoms with Crippen molar-refractivity contribution in [1.82, 2.24) is 24.9 Å². The van der Waals surface area contributed by atoms with Crippen LogP contribution in [0.2, 0.25) is 0 Å². The third-order valence-electron chi connectivity index (χ3n) is 2.63. The van der Waals surface area contributed by atoms with Gasteiger partial charge in [-0.25, -0.2) is 9.78 Å². The average molecular weight is 295 g/mol. The molecular weight excluding hydrogens is 282 g/mol. The summed E-state index contributed by atoms with van der Waals surface area (Å²) < 4.78 is 8.38. The molecule has 20 heavy (non-hydrogen) atoms. The second-order valence-corrected chi connectivity index (χ2v) is 4.77. The Kier molecular flexibility index (Phi) is 4.41. The van der Waals surface area contributed by atoms with Gasteiger partial charge in [0.1, 0.15) is 10.9 Å². The third-order valence-corrected chi connectivity index (χ3v) is 3.45. The van der Waals surface area contributed by atoms with Gasteiger partial charge < -0.3 is 15.0 Å². The van der Waals surface area contributed by atoms with Crippen LogP contribution in [0.5, 0.6) is 0 Å². The van der Waals surface area contributed by atoms with Crippen LogP contribution in [-0.4, -0.2) is 44.6 Å². The minimum absolute atomic E-state index is 0.268. The molecule has 0 aromatic carbocycles. The number of aromatic amines is 1. The van der Waals surface area contributed by atoms with Gasteiger partial charge in [-0.2, -0.15) is 0 Å². The van der Waals surface area contributed by atoms with Crippen LogP contribution < -0.4 is 5.32 Å². The van der Waals surface area contributed by atoms with Crippen LogP contribution in [0, 0.1) is 6.92 Å². The average Bonchev–Trinajstić information content (AvgIpc) is 3.08. The molecule has 2 aromatic rings. The van der Waals surface area contributed by atoms with Crippen molar-refractivity contribution >= 4 is 23.4 Å². The first-order chi connectivity index (χ1) is 9.61. The molecule has 2 rings (SSSR count). The molecule has 2 heterocycles. The second kappa shape index (κ2) is 6.24. The predicted molar refractivity (Wildman–Crippen MR) is 70.2 cm³/mol. The van der Waals surface area contributed by atoms with Crippen LogP contribution in [-0.2, 0) is 16.0 Å². The monoisotopic (exact) mass is 295 g/mol. The molecule has 0 unspecified atom stereocenters. The number of hydrogen-bond acceptors (Lipinski definition) is 7. The lowest BCUT2D eigenvalue weighted by Gasteiger charge is -2.15. The van der Waals surface area contributed by atoms with Gasteiger partial charge in [-0.15, -0.1) is 5.10 Å². The maximum absolute atomic E-state index is 12.1. The SMILES string of the molecule is COC(=O)[C@H](Cc1cnc[nH]1)NC(=O)c1snnc1C. The lowest BCUT2D eigenvalue weighted by molar-refractivity contribution is -0.142. The van der Waals surface area contributed by atoms with Crippen molar-refractivity contribution in [2.75, 3.05) is 7.11 Å². The van der Waals surface area contributed by atoms with E-state index in [1.165, 1.54) is 13.4 Å². The summed E-state index contributed by atoms with van der Waals surface area (Å²) in [6.07, 6.45) is 3.36. The van der Waals surface area contributed by atoms with Crippen molar-refractivity contribution < 1.29 is 14.3 Å². The number of nitrogens with zero attached hydrogens (tertiary/aromatic N) is 3. The normalized spacial score (nSPS) is 11.9. The molecule has 1 amide bonds. The first-order valence-corrected chi connectivity index (χ1v) is 6.54. The first kappa shape index (κ1) is 14.1. The highest BCUT2D eigenvalue weighted by molar-refractivity contribution is 7.08. The number of imidazole rings is 1. The Balaban J connectivity index is 2.10. The minimum atomic E-state index is -0.797. The van der Waals surface area contributed by atoms with Crippen LogP contribution >= 0.6 is 11.5 Å². The fourth-order valence-electron chi connectivity index (χ4n) is 1.62. The number of esters is 1. The quantitative estimate of drug-likeness (QED) is 0.756. The van der Waals surface area contributed by atoms with Gasteiger partial charge in [0.2, 0.25) is 0 Å². The maximum atomic E-state index is 12.1. The van der Waals surface area contributed by atoms with Crippen molar-refractivity contribution in [3.05, 3.63) is 28.8 Å². The summed E-state index contributed by atoms with van der Waals surface area (Å²) >= 11 is 0.981. The number of amides is 1. The smallest absolute Gasteiger partial charge is 0.328 e. The number of rotatable bonds is 5. The van der Waals surface area contributed by atoms with Crippen LogP contribution in [0.4, 0.5) is 0 Å². The molecule has 0 saturated heterocycles. The molecule has 0 fully saturated rings. The molecule has 8 nitrogen and oxygen atoms in total. The highest BCUT2D eigenvalue weighted by Gasteiger charge is 2.24. The van der Waals surface area contributed by atoms with E-state index in [1.54, 1.807) is 13.1 Å². The Bertz CT molecular complexity index is 595. The molecule has 0 aliphatic heterocycles. The lowest BCUT2D eigenvalue weighted by atomic mass is 10.1. The number of aryl methyl sites for hydroxylation is 1. The molecule has 0 aliphatic rings. The number of carbonyl (C=O) groups is 2. The molecule has 0 radical (unpaired) electrons. The molecule has 1 atom stereocenters. The molecule has 0 aliphatic carbocycles. The van der Waals surface area contributed by atoms with E-state index in [0.717, 1.165) is 17.2 Å². The Labute approximate surface area is 118 Å². The predicted octanol–water partition coefficient (Wildman–Crippen LogP) is 0.0837. The first-order valence-electron chi connectivity index (χ1n) is 5.76. The standard InChI is InChI=1S/C11H13N5O3S/c1-6-9(20-16-15-6)10(17)14-8(11(18)19-2)3-7-4-12-5-13-7/h4-5,8H,3H2,1-2H3,(H,12,13)(H,14,17)/t8-/m0/s1. The summed E-state index contributed by atoms with van der Waals surface area (Å²) in [5, 5.41) is 6.38. The zero-order valence-electron chi connectivity index (χ0n) is 10.9. The van der Waals surface area contributed by atoms with Crippen molar-refractivity contribution in [3.63, 3.8) is 0 Å². The Hall–Kier alpha value is -2.29. The summed E-state index contributed by atoms with van der Waals surface area (Å²) in [5.74, 6) is -0.921. The number of methoxy groups -OCH3 is 1. The van der Waals surface area contributed by atoms with Crippen LogP contribution in [0.25, 0.3) is 0 Å².